The average Bonchev–Trinajstić information content (AvgIpc) is 2.49. The monoisotopic (exact) mass is 163 g/mol. The van der Waals surface area contributed by atoms with Crippen LogP contribution in [0, 0.1) is 0 Å². The molecule has 4 nitrogen and oxygen atoms in total. The third-order valence-electron chi connectivity index (χ3n) is 2.45. The standard InChI is InChI=1S/C8H9N3O/c1-5-2-10-7(1)6-3-9-4-11-8(6)12-5/h3-5,7,10H,1-2H2/t5-,7-/m0/s1. The predicted molar refractivity (Wildman–Crippen MR) is 41.8 cm³/mol. The summed E-state index contributed by atoms with van der Waals surface area (Å²) in [5.41, 5.74) is 1.10. The van der Waals surface area contributed by atoms with Crippen molar-refractivity contribution in [3.8, 4) is 5.88 Å². The molecule has 1 fully saturated rings. The minimum absolute atomic E-state index is 0.317. The van der Waals surface area contributed by atoms with Crippen LogP contribution in [-0.4, -0.2) is 22.6 Å². The summed E-state index contributed by atoms with van der Waals surface area (Å²) in [7, 11) is 0. The summed E-state index contributed by atoms with van der Waals surface area (Å²) in [6.07, 6.45) is 4.74. The lowest BCUT2D eigenvalue weighted by Gasteiger charge is -2.20. The van der Waals surface area contributed by atoms with E-state index < -0.39 is 0 Å². The number of fused-ring (bicyclic) bond motifs is 4. The molecule has 12 heavy (non-hydrogen) atoms. The van der Waals surface area contributed by atoms with Gasteiger partial charge in [-0.3, -0.25) is 0 Å². The molecule has 4 heteroatoms. The van der Waals surface area contributed by atoms with E-state index in [0.29, 0.717) is 12.1 Å². The molecule has 0 spiro atoms. The van der Waals surface area contributed by atoms with Crippen molar-refractivity contribution < 1.29 is 4.74 Å². The lowest BCUT2D eigenvalue weighted by atomic mass is 10.1. The van der Waals surface area contributed by atoms with E-state index in [2.05, 4.69) is 15.3 Å². The van der Waals surface area contributed by atoms with Gasteiger partial charge in [0.25, 0.3) is 0 Å². The van der Waals surface area contributed by atoms with Gasteiger partial charge in [-0.25, -0.2) is 9.97 Å². The number of nitrogens with one attached hydrogen (secondary N) is 1. The van der Waals surface area contributed by atoms with E-state index in [9.17, 15) is 0 Å². The molecule has 2 bridgehead atoms. The van der Waals surface area contributed by atoms with Crippen LogP contribution in [-0.2, 0) is 0 Å². The van der Waals surface area contributed by atoms with E-state index in [4.69, 9.17) is 4.74 Å². The van der Waals surface area contributed by atoms with Gasteiger partial charge in [0.05, 0.1) is 0 Å². The molecule has 0 unspecified atom stereocenters. The van der Waals surface area contributed by atoms with Crippen LogP contribution in [0.3, 0.4) is 0 Å². The number of nitrogens with zero attached hydrogens (tertiary/aromatic N) is 2. The van der Waals surface area contributed by atoms with E-state index in [-0.39, 0.29) is 0 Å². The Kier molecular flexibility index (Phi) is 1.15. The SMILES string of the molecule is c1ncc2c(n1)O[C@@H]1CN[C@H]2C1. The van der Waals surface area contributed by atoms with Crippen LogP contribution in [0.5, 0.6) is 5.88 Å². The van der Waals surface area contributed by atoms with Crippen molar-refractivity contribution in [1.29, 1.82) is 0 Å². The molecule has 3 heterocycles. The van der Waals surface area contributed by atoms with Gasteiger partial charge in [0.15, 0.2) is 0 Å². The van der Waals surface area contributed by atoms with Crippen molar-refractivity contribution in [2.45, 2.75) is 18.6 Å². The molecule has 1 aromatic heterocycles. The highest BCUT2D eigenvalue weighted by molar-refractivity contribution is 5.30. The van der Waals surface area contributed by atoms with E-state index >= 15 is 0 Å². The molecular formula is C8H9N3O. The van der Waals surface area contributed by atoms with E-state index in [1.807, 2.05) is 6.20 Å². The second-order valence-electron chi connectivity index (χ2n) is 3.22. The van der Waals surface area contributed by atoms with Crippen molar-refractivity contribution in [2.24, 2.45) is 0 Å². The summed E-state index contributed by atoms with van der Waals surface area (Å²) >= 11 is 0. The maximum absolute atomic E-state index is 5.61. The Morgan fingerprint density at radius 2 is 2.58 bits per heavy atom. The van der Waals surface area contributed by atoms with Crippen molar-refractivity contribution in [3.63, 3.8) is 0 Å². The lowest BCUT2D eigenvalue weighted by molar-refractivity contribution is 0.195. The van der Waals surface area contributed by atoms with Gasteiger partial charge in [-0.15, -0.1) is 0 Å². The first-order chi connectivity index (χ1) is 5.93. The van der Waals surface area contributed by atoms with Crippen LogP contribution in [0.1, 0.15) is 18.0 Å². The van der Waals surface area contributed by atoms with E-state index in [0.717, 1.165) is 24.4 Å². The molecule has 1 aromatic rings. The van der Waals surface area contributed by atoms with Crippen LogP contribution in [0.25, 0.3) is 0 Å². The summed E-state index contributed by atoms with van der Waals surface area (Å²) < 4.78 is 5.61. The molecule has 1 N–H and O–H groups in total. The third kappa shape index (κ3) is 0.754. The van der Waals surface area contributed by atoms with Gasteiger partial charge in [-0.2, -0.15) is 0 Å². The first kappa shape index (κ1) is 6.37. The molecule has 3 rings (SSSR count). The minimum Gasteiger partial charge on any atom is -0.473 e. The molecule has 2 aliphatic rings. The second-order valence-corrected chi connectivity index (χ2v) is 3.22. The van der Waals surface area contributed by atoms with Crippen LogP contribution in [0.15, 0.2) is 12.5 Å². The fourth-order valence-corrected chi connectivity index (χ4v) is 1.85. The Balaban J connectivity index is 2.13. The first-order valence-electron chi connectivity index (χ1n) is 4.13. The van der Waals surface area contributed by atoms with Gasteiger partial charge < -0.3 is 10.1 Å². The highest BCUT2D eigenvalue weighted by atomic mass is 16.5. The summed E-state index contributed by atoms with van der Waals surface area (Å²) in [6.45, 7) is 0.932. The van der Waals surface area contributed by atoms with Gasteiger partial charge in [0, 0.05) is 30.8 Å². The van der Waals surface area contributed by atoms with Crippen molar-refractivity contribution >= 4 is 0 Å². The minimum atomic E-state index is 0.317. The van der Waals surface area contributed by atoms with Crippen LogP contribution >= 0.6 is 0 Å². The number of hydrogen-bond acceptors (Lipinski definition) is 4. The molecule has 0 amide bonds. The quantitative estimate of drug-likeness (QED) is 0.596. The third-order valence-corrected chi connectivity index (χ3v) is 2.45. The summed E-state index contributed by atoms with van der Waals surface area (Å²) in [5.74, 6) is 0.760. The number of aromatic nitrogens is 2. The van der Waals surface area contributed by atoms with E-state index in [1.54, 1.807) is 0 Å². The molecule has 2 atom stereocenters. The fourth-order valence-electron chi connectivity index (χ4n) is 1.85. The Morgan fingerprint density at radius 3 is 3.58 bits per heavy atom. The fraction of sp³-hybridized carbons (Fsp3) is 0.500. The zero-order chi connectivity index (χ0) is 7.97. The smallest absolute Gasteiger partial charge is 0.221 e. The van der Waals surface area contributed by atoms with Crippen molar-refractivity contribution in [1.82, 2.24) is 15.3 Å². The summed E-state index contributed by atoms with van der Waals surface area (Å²) in [4.78, 5) is 8.07. The summed E-state index contributed by atoms with van der Waals surface area (Å²) in [5, 5.41) is 3.37. The lowest BCUT2D eigenvalue weighted by Crippen LogP contribution is -2.20. The topological polar surface area (TPSA) is 47.0 Å². The second kappa shape index (κ2) is 2.17. The normalized spacial score (nSPS) is 31.0. The summed E-state index contributed by atoms with van der Waals surface area (Å²) in [6, 6.07) is 0.417. The number of rotatable bonds is 0. The Bertz CT molecular complexity index is 315. The number of ether oxygens (including phenoxy) is 1. The highest BCUT2D eigenvalue weighted by Crippen LogP contribution is 2.35. The molecule has 0 aromatic carbocycles. The molecular weight excluding hydrogens is 154 g/mol. The molecule has 0 aliphatic carbocycles. The first-order valence-corrected chi connectivity index (χ1v) is 4.13. The molecule has 62 valence electrons. The van der Waals surface area contributed by atoms with Gasteiger partial charge in [0.1, 0.15) is 12.4 Å². The van der Waals surface area contributed by atoms with Crippen molar-refractivity contribution in [3.05, 3.63) is 18.1 Å². The van der Waals surface area contributed by atoms with Gasteiger partial charge >= 0.3 is 0 Å². The zero-order valence-electron chi connectivity index (χ0n) is 6.53. The Morgan fingerprint density at radius 1 is 1.58 bits per heavy atom. The van der Waals surface area contributed by atoms with Crippen LogP contribution in [0.2, 0.25) is 0 Å². The average molecular weight is 163 g/mol. The predicted octanol–water partition coefficient (Wildman–Crippen LogP) is 0.272. The van der Waals surface area contributed by atoms with Gasteiger partial charge in [-0.1, -0.05) is 0 Å². The molecule has 0 saturated carbocycles. The molecule has 1 saturated heterocycles. The Labute approximate surface area is 70.0 Å². The van der Waals surface area contributed by atoms with Crippen molar-refractivity contribution in [2.75, 3.05) is 6.54 Å². The maximum atomic E-state index is 5.61. The zero-order valence-corrected chi connectivity index (χ0v) is 6.53. The Hall–Kier alpha value is -1.16. The number of hydrogen-bond donors (Lipinski definition) is 1. The van der Waals surface area contributed by atoms with Crippen LogP contribution < -0.4 is 10.1 Å². The molecule has 2 aliphatic heterocycles. The highest BCUT2D eigenvalue weighted by Gasteiger charge is 2.34. The van der Waals surface area contributed by atoms with Gasteiger partial charge in [0.2, 0.25) is 5.88 Å². The van der Waals surface area contributed by atoms with Crippen LogP contribution in [0.4, 0.5) is 0 Å². The van der Waals surface area contributed by atoms with Gasteiger partial charge in [-0.05, 0) is 0 Å². The molecule has 0 radical (unpaired) electrons. The largest absolute Gasteiger partial charge is 0.473 e. The van der Waals surface area contributed by atoms with E-state index in [1.165, 1.54) is 6.33 Å². The maximum Gasteiger partial charge on any atom is 0.221 e.